The number of alkyl halides is 1. The molecular formula is C10H17IN2O2S. The third kappa shape index (κ3) is 5.42. The third-order valence-electron chi connectivity index (χ3n) is 2.30. The van der Waals surface area contributed by atoms with E-state index < -0.39 is 9.84 Å². The molecule has 0 radical (unpaired) electrons. The standard InChI is InChI=1S/C6H13IN2.C4H4O2S/c1-6(7)9-4-2-8-3-5-9;5-7(6)3-1-2-4-7/h6,8H,2-5H2,1H3;1-4H. The maximum atomic E-state index is 10.3. The van der Waals surface area contributed by atoms with Gasteiger partial charge in [-0.15, -0.1) is 0 Å². The lowest BCUT2D eigenvalue weighted by molar-refractivity contribution is 0.243. The van der Waals surface area contributed by atoms with Crippen LogP contribution in [0.5, 0.6) is 0 Å². The first kappa shape index (κ1) is 14.1. The van der Waals surface area contributed by atoms with Crippen molar-refractivity contribution < 1.29 is 8.42 Å². The van der Waals surface area contributed by atoms with Gasteiger partial charge in [-0.1, -0.05) is 22.6 Å². The Morgan fingerprint density at radius 2 is 1.75 bits per heavy atom. The molecule has 2 heterocycles. The number of nitrogens with zero attached hydrogens (tertiary/aromatic N) is 1. The Morgan fingerprint density at radius 1 is 1.25 bits per heavy atom. The average molecular weight is 356 g/mol. The molecule has 6 heteroatoms. The van der Waals surface area contributed by atoms with E-state index in [1.807, 2.05) is 0 Å². The quantitative estimate of drug-likeness (QED) is 0.435. The summed E-state index contributed by atoms with van der Waals surface area (Å²) in [5.74, 6) is 0. The molecule has 2 aliphatic heterocycles. The van der Waals surface area contributed by atoms with Crippen molar-refractivity contribution in [3.63, 3.8) is 0 Å². The van der Waals surface area contributed by atoms with Gasteiger partial charge < -0.3 is 5.32 Å². The molecule has 92 valence electrons. The van der Waals surface area contributed by atoms with Crippen LogP contribution in [-0.4, -0.2) is 43.5 Å². The Labute approximate surface area is 111 Å². The predicted octanol–water partition coefficient (Wildman–Crippen LogP) is 1.11. The van der Waals surface area contributed by atoms with Crippen LogP contribution < -0.4 is 5.32 Å². The molecule has 0 aliphatic carbocycles. The zero-order valence-electron chi connectivity index (χ0n) is 9.27. The molecule has 1 unspecified atom stereocenters. The minimum Gasteiger partial charge on any atom is -0.314 e. The summed E-state index contributed by atoms with van der Waals surface area (Å²) in [5, 5.41) is 5.64. The van der Waals surface area contributed by atoms with Crippen molar-refractivity contribution in [2.75, 3.05) is 26.2 Å². The van der Waals surface area contributed by atoms with Gasteiger partial charge in [0.05, 0.1) is 4.05 Å². The van der Waals surface area contributed by atoms with Gasteiger partial charge in [-0.25, -0.2) is 8.42 Å². The number of nitrogens with one attached hydrogen (secondary N) is 1. The number of halogens is 1. The molecule has 0 bridgehead atoms. The van der Waals surface area contributed by atoms with Crippen molar-refractivity contribution in [3.8, 4) is 0 Å². The summed E-state index contributed by atoms with van der Waals surface area (Å²) in [6.45, 7) is 6.99. The van der Waals surface area contributed by atoms with Gasteiger partial charge >= 0.3 is 0 Å². The van der Waals surface area contributed by atoms with Gasteiger partial charge in [0, 0.05) is 37.0 Å². The molecule has 1 fully saturated rings. The highest BCUT2D eigenvalue weighted by Crippen LogP contribution is 2.06. The molecule has 2 rings (SSSR count). The highest BCUT2D eigenvalue weighted by atomic mass is 127. The third-order valence-corrected chi connectivity index (χ3v) is 4.16. The molecule has 16 heavy (non-hydrogen) atoms. The largest absolute Gasteiger partial charge is 0.314 e. The molecule has 0 saturated carbocycles. The maximum Gasteiger partial charge on any atom is 0.193 e. The van der Waals surface area contributed by atoms with E-state index in [2.05, 4.69) is 39.7 Å². The second-order valence-electron chi connectivity index (χ2n) is 3.61. The second-order valence-corrected chi connectivity index (χ2v) is 7.13. The van der Waals surface area contributed by atoms with Gasteiger partial charge in [0.2, 0.25) is 0 Å². The zero-order valence-corrected chi connectivity index (χ0v) is 12.2. The van der Waals surface area contributed by atoms with Crippen LogP contribution in [0.1, 0.15) is 6.92 Å². The molecule has 0 aromatic heterocycles. The van der Waals surface area contributed by atoms with Crippen LogP contribution in [0.25, 0.3) is 0 Å². The van der Waals surface area contributed by atoms with Gasteiger partial charge in [-0.2, -0.15) is 0 Å². The Hall–Kier alpha value is 0.0800. The van der Waals surface area contributed by atoms with Crippen molar-refractivity contribution in [1.82, 2.24) is 10.2 Å². The SMILES string of the molecule is CC(I)N1CCNCC1.O=S1(=O)C=CC=C1. The molecule has 0 aromatic carbocycles. The average Bonchev–Trinajstić information content (AvgIpc) is 2.65. The van der Waals surface area contributed by atoms with Crippen molar-refractivity contribution >= 4 is 32.4 Å². The smallest absolute Gasteiger partial charge is 0.193 e. The Kier molecular flexibility index (Phi) is 5.95. The fourth-order valence-electron chi connectivity index (χ4n) is 1.39. The number of piperazine rings is 1. The topological polar surface area (TPSA) is 49.4 Å². The predicted molar refractivity (Wildman–Crippen MR) is 75.1 cm³/mol. The fourth-order valence-corrected chi connectivity index (χ4v) is 2.66. The lowest BCUT2D eigenvalue weighted by atomic mass is 10.4. The van der Waals surface area contributed by atoms with Crippen molar-refractivity contribution in [3.05, 3.63) is 23.0 Å². The van der Waals surface area contributed by atoms with Gasteiger partial charge in [0.25, 0.3) is 0 Å². The Bertz CT molecular complexity index is 339. The van der Waals surface area contributed by atoms with E-state index >= 15 is 0 Å². The molecule has 1 saturated heterocycles. The normalized spacial score (nSPS) is 24.9. The van der Waals surface area contributed by atoms with Gasteiger partial charge in [-0.3, -0.25) is 4.90 Å². The minimum absolute atomic E-state index is 0.699. The molecular weight excluding hydrogens is 339 g/mol. The molecule has 1 N–H and O–H groups in total. The van der Waals surface area contributed by atoms with E-state index in [9.17, 15) is 8.42 Å². The van der Waals surface area contributed by atoms with E-state index in [0.717, 1.165) is 23.9 Å². The van der Waals surface area contributed by atoms with Crippen LogP contribution >= 0.6 is 22.6 Å². The van der Waals surface area contributed by atoms with Gasteiger partial charge in [0.1, 0.15) is 0 Å². The highest BCUT2D eigenvalue weighted by Gasteiger charge is 2.12. The zero-order chi connectivity index (χ0) is 12.0. The Morgan fingerprint density at radius 3 is 2.00 bits per heavy atom. The Balaban J connectivity index is 0.000000165. The maximum absolute atomic E-state index is 10.3. The number of rotatable bonds is 1. The summed E-state index contributed by atoms with van der Waals surface area (Å²) in [5.41, 5.74) is 0. The molecule has 4 nitrogen and oxygen atoms in total. The van der Waals surface area contributed by atoms with Crippen LogP contribution in [0.2, 0.25) is 0 Å². The first-order valence-corrected chi connectivity index (χ1v) is 8.05. The molecule has 0 aromatic rings. The van der Waals surface area contributed by atoms with Gasteiger partial charge in [0.15, 0.2) is 9.84 Å². The number of allylic oxidation sites excluding steroid dienone is 2. The van der Waals surface area contributed by atoms with E-state index in [4.69, 9.17) is 0 Å². The van der Waals surface area contributed by atoms with Crippen LogP contribution in [-0.2, 0) is 9.84 Å². The summed E-state index contributed by atoms with van der Waals surface area (Å²) in [6, 6.07) is 0. The number of hydrogen-bond acceptors (Lipinski definition) is 4. The van der Waals surface area contributed by atoms with E-state index in [0.29, 0.717) is 4.05 Å². The van der Waals surface area contributed by atoms with Gasteiger partial charge in [-0.05, 0) is 19.1 Å². The van der Waals surface area contributed by atoms with Crippen LogP contribution in [0.3, 0.4) is 0 Å². The van der Waals surface area contributed by atoms with Crippen molar-refractivity contribution in [1.29, 1.82) is 0 Å². The van der Waals surface area contributed by atoms with Crippen LogP contribution in [0, 0.1) is 0 Å². The van der Waals surface area contributed by atoms with E-state index in [1.54, 1.807) is 0 Å². The highest BCUT2D eigenvalue weighted by molar-refractivity contribution is 14.1. The number of hydrogen-bond donors (Lipinski definition) is 1. The summed E-state index contributed by atoms with van der Waals surface area (Å²) in [4.78, 5) is 2.48. The molecule has 0 spiro atoms. The summed E-state index contributed by atoms with van der Waals surface area (Å²) in [6.07, 6.45) is 2.99. The molecule has 2 aliphatic rings. The summed E-state index contributed by atoms with van der Waals surface area (Å²) in [7, 11) is -2.91. The van der Waals surface area contributed by atoms with Crippen molar-refractivity contribution in [2.24, 2.45) is 0 Å². The first-order chi connectivity index (χ1) is 7.51. The van der Waals surface area contributed by atoms with E-state index in [1.165, 1.54) is 25.2 Å². The lowest BCUT2D eigenvalue weighted by Crippen LogP contribution is -2.45. The summed E-state index contributed by atoms with van der Waals surface area (Å²) < 4.78 is 21.2. The first-order valence-electron chi connectivity index (χ1n) is 5.20. The summed E-state index contributed by atoms with van der Waals surface area (Å²) >= 11 is 2.46. The minimum atomic E-state index is -2.91. The lowest BCUT2D eigenvalue weighted by Gasteiger charge is -2.29. The molecule has 0 amide bonds. The van der Waals surface area contributed by atoms with E-state index in [-0.39, 0.29) is 0 Å². The monoisotopic (exact) mass is 356 g/mol. The second kappa shape index (κ2) is 6.73. The van der Waals surface area contributed by atoms with Crippen LogP contribution in [0.4, 0.5) is 0 Å². The molecule has 1 atom stereocenters. The van der Waals surface area contributed by atoms with Crippen LogP contribution in [0.15, 0.2) is 23.0 Å². The van der Waals surface area contributed by atoms with Crippen molar-refractivity contribution in [2.45, 2.75) is 11.0 Å². The number of sulfone groups is 1. The fraction of sp³-hybridized carbons (Fsp3) is 0.600.